The van der Waals surface area contributed by atoms with Crippen LogP contribution in [-0.4, -0.2) is 16.7 Å². The molecule has 1 spiro atoms. The molecule has 1 aromatic carbocycles. The zero-order chi connectivity index (χ0) is 11.2. The average Bonchev–Trinajstić information content (AvgIpc) is 2.88. The van der Waals surface area contributed by atoms with Gasteiger partial charge in [-0.2, -0.15) is 0 Å². The Kier molecular flexibility index (Phi) is 3.43. The Labute approximate surface area is 107 Å². The van der Waals surface area contributed by atoms with E-state index in [4.69, 9.17) is 0 Å². The Morgan fingerprint density at radius 1 is 1.35 bits per heavy atom. The zero-order valence-corrected chi connectivity index (χ0v) is 10.3. The number of halogens is 2. The summed E-state index contributed by atoms with van der Waals surface area (Å²) < 4.78 is 13.0. The largest absolute Gasteiger partial charge is 0.387 e. The van der Waals surface area contributed by atoms with Crippen LogP contribution < -0.4 is 5.32 Å². The molecule has 1 aliphatic carbocycles. The molecule has 2 nitrogen and oxygen atoms in total. The van der Waals surface area contributed by atoms with E-state index in [9.17, 15) is 9.50 Å². The zero-order valence-electron chi connectivity index (χ0n) is 9.53. The van der Waals surface area contributed by atoms with E-state index in [0.29, 0.717) is 11.1 Å². The first-order valence-electron chi connectivity index (χ1n) is 5.90. The van der Waals surface area contributed by atoms with E-state index in [0.717, 1.165) is 12.8 Å². The van der Waals surface area contributed by atoms with Crippen molar-refractivity contribution < 1.29 is 9.50 Å². The molecule has 2 N–H and O–H groups in total. The predicted molar refractivity (Wildman–Crippen MR) is 66.7 cm³/mol. The molecule has 0 aromatic heterocycles. The fourth-order valence-electron chi connectivity index (χ4n) is 2.67. The minimum Gasteiger partial charge on any atom is -0.387 e. The van der Waals surface area contributed by atoms with E-state index < -0.39 is 6.10 Å². The Morgan fingerprint density at radius 2 is 2.12 bits per heavy atom. The third-order valence-corrected chi connectivity index (χ3v) is 3.85. The van der Waals surface area contributed by atoms with Gasteiger partial charge in [0.2, 0.25) is 0 Å². The second-order valence-corrected chi connectivity index (χ2v) is 5.07. The van der Waals surface area contributed by atoms with Crippen molar-refractivity contribution in [2.75, 3.05) is 0 Å². The summed E-state index contributed by atoms with van der Waals surface area (Å²) in [7, 11) is 0. The highest BCUT2D eigenvalue weighted by molar-refractivity contribution is 5.85. The van der Waals surface area contributed by atoms with Crippen molar-refractivity contribution >= 4 is 12.4 Å². The molecular weight excluding hydrogens is 241 g/mol. The molecule has 0 amide bonds. The topological polar surface area (TPSA) is 32.3 Å². The van der Waals surface area contributed by atoms with Crippen molar-refractivity contribution in [3.8, 4) is 0 Å². The van der Waals surface area contributed by atoms with Crippen molar-refractivity contribution in [1.29, 1.82) is 0 Å². The van der Waals surface area contributed by atoms with Gasteiger partial charge in [0.1, 0.15) is 5.82 Å². The molecule has 3 rings (SSSR count). The van der Waals surface area contributed by atoms with Gasteiger partial charge in [0.25, 0.3) is 0 Å². The first-order chi connectivity index (χ1) is 7.69. The number of hydrogen-bond acceptors (Lipinski definition) is 2. The Balaban J connectivity index is 0.00000108. The van der Waals surface area contributed by atoms with Gasteiger partial charge in [0.05, 0.1) is 6.10 Å². The first kappa shape index (κ1) is 12.8. The number of benzene rings is 1. The lowest BCUT2D eigenvalue weighted by Crippen LogP contribution is -2.35. The van der Waals surface area contributed by atoms with Crippen molar-refractivity contribution in [3.63, 3.8) is 0 Å². The highest BCUT2D eigenvalue weighted by Crippen LogP contribution is 2.46. The SMILES string of the molecule is Cl.O[C@@H](c1cccc(F)c1)[C@H]1CCC2(CC2)N1. The maximum atomic E-state index is 13.0. The molecule has 1 saturated heterocycles. The second-order valence-electron chi connectivity index (χ2n) is 5.07. The third-order valence-electron chi connectivity index (χ3n) is 3.85. The molecule has 0 bridgehead atoms. The summed E-state index contributed by atoms with van der Waals surface area (Å²) in [5.74, 6) is -0.282. The molecule has 17 heavy (non-hydrogen) atoms. The molecule has 1 saturated carbocycles. The molecule has 1 aromatic rings. The summed E-state index contributed by atoms with van der Waals surface area (Å²) in [6.45, 7) is 0. The van der Waals surface area contributed by atoms with E-state index in [-0.39, 0.29) is 24.3 Å². The molecule has 2 atom stereocenters. The summed E-state index contributed by atoms with van der Waals surface area (Å²) in [6, 6.07) is 6.35. The number of aliphatic hydroxyl groups is 1. The molecule has 94 valence electrons. The third kappa shape index (κ3) is 2.46. The highest BCUT2D eigenvalue weighted by Gasteiger charge is 2.49. The van der Waals surface area contributed by atoms with Crippen LogP contribution in [0.5, 0.6) is 0 Å². The molecule has 1 aliphatic heterocycles. The average molecular weight is 258 g/mol. The maximum Gasteiger partial charge on any atom is 0.123 e. The lowest BCUT2D eigenvalue weighted by Gasteiger charge is -2.20. The lowest BCUT2D eigenvalue weighted by molar-refractivity contribution is 0.134. The van der Waals surface area contributed by atoms with Crippen molar-refractivity contribution in [2.45, 2.75) is 43.4 Å². The number of hydrogen-bond donors (Lipinski definition) is 2. The summed E-state index contributed by atoms with van der Waals surface area (Å²) in [5.41, 5.74) is 0.995. The van der Waals surface area contributed by atoms with Crippen molar-refractivity contribution in [1.82, 2.24) is 5.32 Å². The molecule has 0 radical (unpaired) electrons. The summed E-state index contributed by atoms with van der Waals surface area (Å²) in [4.78, 5) is 0. The van der Waals surface area contributed by atoms with E-state index in [1.807, 2.05) is 0 Å². The second kappa shape index (κ2) is 4.56. The van der Waals surface area contributed by atoms with Crippen LogP contribution in [0.2, 0.25) is 0 Å². The maximum absolute atomic E-state index is 13.0. The minimum atomic E-state index is -0.587. The molecule has 2 aliphatic rings. The quantitative estimate of drug-likeness (QED) is 0.854. The van der Waals surface area contributed by atoms with Crippen LogP contribution >= 0.6 is 12.4 Å². The molecule has 4 heteroatoms. The van der Waals surface area contributed by atoms with Crippen LogP contribution in [0.4, 0.5) is 4.39 Å². The smallest absolute Gasteiger partial charge is 0.123 e. The van der Waals surface area contributed by atoms with Crippen LogP contribution in [0.25, 0.3) is 0 Å². The van der Waals surface area contributed by atoms with Crippen LogP contribution in [0.3, 0.4) is 0 Å². The van der Waals surface area contributed by atoms with Gasteiger partial charge in [-0.25, -0.2) is 4.39 Å². The summed E-state index contributed by atoms with van der Waals surface area (Å²) in [6.07, 6.45) is 3.98. The van der Waals surface area contributed by atoms with Gasteiger partial charge < -0.3 is 10.4 Å². The van der Waals surface area contributed by atoms with Gasteiger partial charge in [-0.05, 0) is 43.4 Å². The number of aliphatic hydroxyl groups excluding tert-OH is 1. The first-order valence-corrected chi connectivity index (χ1v) is 5.90. The standard InChI is InChI=1S/C13H16FNO.ClH/c14-10-3-1-2-9(8-10)12(16)11-4-5-13(15-11)6-7-13;/h1-3,8,11-12,15-16H,4-7H2;1H/t11-,12+;/m1./s1. The highest BCUT2D eigenvalue weighted by atomic mass is 35.5. The Hall–Kier alpha value is -0.640. The molecular formula is C13H17ClFNO. The van der Waals surface area contributed by atoms with Crippen LogP contribution in [0, 0.1) is 5.82 Å². The Bertz CT molecular complexity index is 408. The molecule has 2 fully saturated rings. The van der Waals surface area contributed by atoms with E-state index in [2.05, 4.69) is 5.32 Å². The van der Waals surface area contributed by atoms with Crippen LogP contribution in [0.1, 0.15) is 37.4 Å². The summed E-state index contributed by atoms with van der Waals surface area (Å²) >= 11 is 0. The molecule has 1 heterocycles. The van der Waals surface area contributed by atoms with E-state index in [1.54, 1.807) is 12.1 Å². The minimum absolute atomic E-state index is 0. The van der Waals surface area contributed by atoms with Gasteiger partial charge in [0, 0.05) is 11.6 Å². The lowest BCUT2D eigenvalue weighted by atomic mass is 10.0. The van der Waals surface area contributed by atoms with Gasteiger partial charge >= 0.3 is 0 Å². The van der Waals surface area contributed by atoms with Gasteiger partial charge in [-0.15, -0.1) is 12.4 Å². The van der Waals surface area contributed by atoms with Gasteiger partial charge in [-0.3, -0.25) is 0 Å². The van der Waals surface area contributed by atoms with E-state index in [1.165, 1.54) is 25.0 Å². The Morgan fingerprint density at radius 3 is 2.71 bits per heavy atom. The fraction of sp³-hybridized carbons (Fsp3) is 0.538. The number of rotatable bonds is 2. The monoisotopic (exact) mass is 257 g/mol. The predicted octanol–water partition coefficient (Wildman–Crippen LogP) is 2.57. The fourth-order valence-corrected chi connectivity index (χ4v) is 2.67. The molecule has 0 unspecified atom stereocenters. The van der Waals surface area contributed by atoms with Crippen molar-refractivity contribution in [3.05, 3.63) is 35.6 Å². The normalized spacial score (nSPS) is 26.6. The van der Waals surface area contributed by atoms with E-state index >= 15 is 0 Å². The summed E-state index contributed by atoms with van der Waals surface area (Å²) in [5, 5.41) is 13.7. The van der Waals surface area contributed by atoms with Crippen molar-refractivity contribution in [2.24, 2.45) is 0 Å². The number of nitrogens with one attached hydrogen (secondary N) is 1. The van der Waals surface area contributed by atoms with Gasteiger partial charge in [0.15, 0.2) is 0 Å². The van der Waals surface area contributed by atoms with Crippen LogP contribution in [0.15, 0.2) is 24.3 Å². The van der Waals surface area contributed by atoms with Crippen LogP contribution in [-0.2, 0) is 0 Å². The van der Waals surface area contributed by atoms with Gasteiger partial charge in [-0.1, -0.05) is 12.1 Å².